The maximum atomic E-state index is 12.0. The van der Waals surface area contributed by atoms with Gasteiger partial charge in [-0.15, -0.1) is 11.3 Å². The Bertz CT molecular complexity index is 743. The predicted molar refractivity (Wildman–Crippen MR) is 83.2 cm³/mol. The Morgan fingerprint density at radius 3 is 2.71 bits per heavy atom. The molecular weight excluding hydrogens is 332 g/mol. The number of carbonyl (C=O) groups is 1. The van der Waals surface area contributed by atoms with Crippen LogP contribution < -0.4 is 10.5 Å². The number of amides is 1. The first-order valence-electron chi connectivity index (χ1n) is 6.01. The van der Waals surface area contributed by atoms with E-state index in [4.69, 9.17) is 16.7 Å². The van der Waals surface area contributed by atoms with E-state index in [1.54, 1.807) is 11.3 Å². The molecular formula is C13H13ClN2O3S2. The average Bonchev–Trinajstić information content (AvgIpc) is 2.91. The van der Waals surface area contributed by atoms with E-state index < -0.39 is 15.9 Å². The van der Waals surface area contributed by atoms with E-state index in [9.17, 15) is 13.2 Å². The van der Waals surface area contributed by atoms with Crippen LogP contribution in [0.2, 0.25) is 5.02 Å². The van der Waals surface area contributed by atoms with Crippen molar-refractivity contribution in [3.63, 3.8) is 0 Å². The second-order valence-electron chi connectivity index (χ2n) is 4.27. The highest BCUT2D eigenvalue weighted by Crippen LogP contribution is 2.19. The van der Waals surface area contributed by atoms with Gasteiger partial charge in [0.2, 0.25) is 10.0 Å². The lowest BCUT2D eigenvalue weighted by Crippen LogP contribution is -2.26. The first-order valence-corrected chi connectivity index (χ1v) is 8.81. The van der Waals surface area contributed by atoms with Crippen LogP contribution in [0.5, 0.6) is 0 Å². The number of nitrogens with two attached hydrogens (primary N) is 1. The van der Waals surface area contributed by atoms with Crippen molar-refractivity contribution in [2.75, 3.05) is 6.54 Å². The summed E-state index contributed by atoms with van der Waals surface area (Å²) in [7, 11) is -3.87. The van der Waals surface area contributed by atoms with Crippen LogP contribution in [0.1, 0.15) is 15.2 Å². The zero-order chi connectivity index (χ0) is 15.5. The summed E-state index contributed by atoms with van der Waals surface area (Å²) in [6, 6.07) is 7.70. The molecule has 8 heteroatoms. The van der Waals surface area contributed by atoms with Crippen LogP contribution in [0, 0.1) is 0 Å². The first kappa shape index (κ1) is 16.0. The summed E-state index contributed by atoms with van der Waals surface area (Å²) in [5.74, 6) is -0.429. The summed E-state index contributed by atoms with van der Waals surface area (Å²) in [6.45, 7) is 0.440. The van der Waals surface area contributed by atoms with Gasteiger partial charge in [0, 0.05) is 11.4 Å². The molecule has 0 aliphatic carbocycles. The summed E-state index contributed by atoms with van der Waals surface area (Å²) in [6.07, 6.45) is 0.704. The molecule has 0 fully saturated rings. The normalized spacial score (nSPS) is 11.3. The van der Waals surface area contributed by atoms with E-state index in [-0.39, 0.29) is 15.5 Å². The van der Waals surface area contributed by atoms with Gasteiger partial charge in [-0.1, -0.05) is 17.7 Å². The highest BCUT2D eigenvalue weighted by Gasteiger charge is 2.15. The van der Waals surface area contributed by atoms with E-state index >= 15 is 0 Å². The topological polar surface area (TPSA) is 89.3 Å². The molecule has 1 aromatic carbocycles. The van der Waals surface area contributed by atoms with Crippen LogP contribution in [0.25, 0.3) is 0 Å². The fraction of sp³-hybridized carbons (Fsp3) is 0.154. The van der Waals surface area contributed by atoms with E-state index in [0.29, 0.717) is 13.0 Å². The quantitative estimate of drug-likeness (QED) is 0.869. The molecule has 1 heterocycles. The number of nitrogens with one attached hydrogen (secondary N) is 1. The third kappa shape index (κ3) is 4.28. The molecule has 21 heavy (non-hydrogen) atoms. The van der Waals surface area contributed by atoms with Gasteiger partial charge in [0.1, 0.15) is 0 Å². The van der Waals surface area contributed by atoms with Gasteiger partial charge in [0.15, 0.2) is 0 Å². The Morgan fingerprint density at radius 2 is 2.10 bits per heavy atom. The third-order valence-corrected chi connectivity index (χ3v) is 4.92. The number of thiophene rings is 1. The van der Waals surface area contributed by atoms with E-state index in [1.165, 1.54) is 18.2 Å². The molecule has 0 unspecified atom stereocenters. The monoisotopic (exact) mass is 344 g/mol. The largest absolute Gasteiger partial charge is 0.352 e. The highest BCUT2D eigenvalue weighted by molar-refractivity contribution is 7.89. The van der Waals surface area contributed by atoms with Crippen molar-refractivity contribution in [3.8, 4) is 0 Å². The molecule has 0 radical (unpaired) electrons. The molecule has 2 aromatic rings. The van der Waals surface area contributed by atoms with Gasteiger partial charge in [-0.25, -0.2) is 13.6 Å². The SMILES string of the molecule is NS(=O)(=O)c1ccc(Cl)c(C(=O)NCCc2cccs2)c1. The number of sulfonamides is 1. The summed E-state index contributed by atoms with van der Waals surface area (Å²) in [5.41, 5.74) is 0.0920. The molecule has 0 atom stereocenters. The Kier molecular flexibility index (Phi) is 5.00. The second kappa shape index (κ2) is 6.57. The van der Waals surface area contributed by atoms with Crippen molar-refractivity contribution in [3.05, 3.63) is 51.2 Å². The Labute approximate surface area is 131 Å². The molecule has 0 bridgehead atoms. The molecule has 0 saturated carbocycles. The van der Waals surface area contributed by atoms with E-state index in [0.717, 1.165) is 4.88 Å². The second-order valence-corrected chi connectivity index (χ2v) is 7.27. The minimum absolute atomic E-state index is 0.0920. The molecule has 3 N–H and O–H groups in total. The van der Waals surface area contributed by atoms with E-state index in [1.807, 2.05) is 17.5 Å². The fourth-order valence-electron chi connectivity index (χ4n) is 1.70. The highest BCUT2D eigenvalue weighted by atomic mass is 35.5. The van der Waals surface area contributed by atoms with Gasteiger partial charge >= 0.3 is 0 Å². The van der Waals surface area contributed by atoms with Crippen molar-refractivity contribution in [1.29, 1.82) is 0 Å². The number of benzene rings is 1. The molecule has 2 rings (SSSR count). The molecule has 5 nitrogen and oxygen atoms in total. The molecule has 0 aliphatic rings. The Morgan fingerprint density at radius 1 is 1.33 bits per heavy atom. The van der Waals surface area contributed by atoms with Crippen LogP contribution in [-0.2, 0) is 16.4 Å². The Hall–Kier alpha value is -1.41. The maximum Gasteiger partial charge on any atom is 0.252 e. The van der Waals surface area contributed by atoms with Gasteiger partial charge in [-0.3, -0.25) is 4.79 Å². The van der Waals surface area contributed by atoms with Gasteiger partial charge < -0.3 is 5.32 Å². The maximum absolute atomic E-state index is 12.0. The van der Waals surface area contributed by atoms with Crippen molar-refractivity contribution in [2.24, 2.45) is 5.14 Å². The minimum atomic E-state index is -3.87. The van der Waals surface area contributed by atoms with Crippen molar-refractivity contribution in [2.45, 2.75) is 11.3 Å². The molecule has 0 spiro atoms. The van der Waals surface area contributed by atoms with Gasteiger partial charge in [-0.2, -0.15) is 0 Å². The lowest BCUT2D eigenvalue weighted by molar-refractivity contribution is 0.0954. The molecule has 112 valence electrons. The van der Waals surface area contributed by atoms with E-state index in [2.05, 4.69) is 5.32 Å². The number of hydrogen-bond donors (Lipinski definition) is 2. The summed E-state index contributed by atoms with van der Waals surface area (Å²) in [5, 5.41) is 9.88. The van der Waals surface area contributed by atoms with Crippen LogP contribution in [0.4, 0.5) is 0 Å². The molecule has 1 amide bonds. The summed E-state index contributed by atoms with van der Waals surface area (Å²) in [4.78, 5) is 13.1. The van der Waals surface area contributed by atoms with Crippen molar-refractivity contribution in [1.82, 2.24) is 5.32 Å². The van der Waals surface area contributed by atoms with Crippen LogP contribution in [0.3, 0.4) is 0 Å². The summed E-state index contributed by atoms with van der Waals surface area (Å²) < 4.78 is 22.6. The number of carbonyl (C=O) groups excluding carboxylic acids is 1. The predicted octanol–water partition coefficient (Wildman–Crippen LogP) is 2.02. The number of halogens is 1. The van der Waals surface area contributed by atoms with Crippen LogP contribution in [0.15, 0.2) is 40.6 Å². The summed E-state index contributed by atoms with van der Waals surface area (Å²) >= 11 is 7.53. The molecule has 0 saturated heterocycles. The number of primary sulfonamides is 1. The van der Waals surface area contributed by atoms with Gasteiger partial charge in [0.05, 0.1) is 15.5 Å². The fourth-order valence-corrected chi connectivity index (χ4v) is 3.16. The van der Waals surface area contributed by atoms with Crippen LogP contribution in [-0.4, -0.2) is 20.9 Å². The lowest BCUT2D eigenvalue weighted by Gasteiger charge is -2.07. The smallest absolute Gasteiger partial charge is 0.252 e. The van der Waals surface area contributed by atoms with Crippen molar-refractivity contribution < 1.29 is 13.2 Å². The average molecular weight is 345 g/mol. The minimum Gasteiger partial charge on any atom is -0.352 e. The zero-order valence-corrected chi connectivity index (χ0v) is 13.3. The number of rotatable bonds is 5. The number of hydrogen-bond acceptors (Lipinski definition) is 4. The first-order chi connectivity index (χ1) is 9.88. The van der Waals surface area contributed by atoms with Gasteiger partial charge in [-0.05, 0) is 36.1 Å². The lowest BCUT2D eigenvalue weighted by atomic mass is 10.2. The van der Waals surface area contributed by atoms with Gasteiger partial charge in [0.25, 0.3) is 5.91 Å². The molecule has 1 aromatic heterocycles. The standard InChI is InChI=1S/C13H13ClN2O3S2/c14-12-4-3-10(21(15,18)19)8-11(12)13(17)16-6-5-9-2-1-7-20-9/h1-4,7-8H,5-6H2,(H,16,17)(H2,15,18,19). The molecule has 0 aliphatic heterocycles. The van der Waals surface area contributed by atoms with Crippen molar-refractivity contribution >= 4 is 38.9 Å². The third-order valence-electron chi connectivity index (χ3n) is 2.75. The zero-order valence-electron chi connectivity index (χ0n) is 10.9. The van der Waals surface area contributed by atoms with Crippen LogP contribution >= 0.6 is 22.9 Å². The Balaban J connectivity index is 2.08.